The maximum absolute atomic E-state index is 13.0. The maximum Gasteiger partial charge on any atom is 0.276 e. The number of carbonyl (C=O) groups excluding carboxylic acids is 1. The standard InChI is InChI=1S/C22H24N4OS2/c1-3-4-7-14-29-22-24-21(27)19-17-8-5-6-9-18(17)23-20(26(19)25-22)15-10-12-16(28-2)13-11-15/h5-6,8-13,20H,3-4,7,14H2,1-2H3,(H,24,25,27)/t20-/m1/s1. The molecule has 7 heteroatoms. The number of thioether (sulfide) groups is 2. The summed E-state index contributed by atoms with van der Waals surface area (Å²) in [5.74, 6) is 0.822. The van der Waals surface area contributed by atoms with E-state index in [2.05, 4.69) is 42.8 Å². The summed E-state index contributed by atoms with van der Waals surface area (Å²) in [5.41, 5.74) is 1.58. The minimum atomic E-state index is -0.354. The van der Waals surface area contributed by atoms with Gasteiger partial charge in [-0.1, -0.05) is 61.9 Å². The van der Waals surface area contributed by atoms with Gasteiger partial charge in [0.1, 0.15) is 5.70 Å². The SMILES string of the molecule is CCCCCSC1=NN2C(=c3ccccc3=N[C@H]2c2ccc(SC)cc2)C(=O)N1. The first kappa shape index (κ1) is 20.0. The van der Waals surface area contributed by atoms with Crippen LogP contribution in [0.15, 0.2) is 63.5 Å². The van der Waals surface area contributed by atoms with Gasteiger partial charge in [-0.15, -0.1) is 16.9 Å². The Balaban J connectivity index is 1.75. The lowest BCUT2D eigenvalue weighted by atomic mass is 10.1. The summed E-state index contributed by atoms with van der Waals surface area (Å²) in [6.07, 6.45) is 5.17. The van der Waals surface area contributed by atoms with E-state index in [0.29, 0.717) is 10.9 Å². The number of rotatable bonds is 6. The van der Waals surface area contributed by atoms with Gasteiger partial charge in [0.2, 0.25) is 0 Å². The summed E-state index contributed by atoms with van der Waals surface area (Å²) >= 11 is 3.30. The van der Waals surface area contributed by atoms with Gasteiger partial charge in [0.05, 0.1) is 5.36 Å². The van der Waals surface area contributed by atoms with Gasteiger partial charge < -0.3 is 0 Å². The number of carbonyl (C=O) groups is 1. The molecule has 2 aromatic rings. The van der Waals surface area contributed by atoms with Gasteiger partial charge in [-0.05, 0) is 36.4 Å². The molecule has 0 saturated carbocycles. The zero-order valence-corrected chi connectivity index (χ0v) is 18.2. The smallest absolute Gasteiger partial charge is 0.276 e. The number of unbranched alkanes of at least 4 members (excludes halogenated alkanes) is 2. The number of hydrazone groups is 1. The number of fused-ring (bicyclic) bond motifs is 2. The van der Waals surface area contributed by atoms with Crippen molar-refractivity contribution in [3.63, 3.8) is 0 Å². The first-order valence-electron chi connectivity index (χ1n) is 9.84. The molecule has 0 spiro atoms. The molecule has 1 amide bonds. The van der Waals surface area contributed by atoms with Crippen molar-refractivity contribution in [2.45, 2.75) is 37.2 Å². The first-order valence-corrected chi connectivity index (χ1v) is 12.1. The summed E-state index contributed by atoms with van der Waals surface area (Å²) in [7, 11) is 0. The van der Waals surface area contributed by atoms with E-state index in [9.17, 15) is 4.79 Å². The van der Waals surface area contributed by atoms with Crippen LogP contribution in [0.5, 0.6) is 0 Å². The predicted molar refractivity (Wildman–Crippen MR) is 121 cm³/mol. The quantitative estimate of drug-likeness (QED) is 0.570. The Kier molecular flexibility index (Phi) is 6.25. The van der Waals surface area contributed by atoms with Crippen molar-refractivity contribution in [2.24, 2.45) is 10.1 Å². The molecule has 2 heterocycles. The number of benzene rings is 2. The summed E-state index contributed by atoms with van der Waals surface area (Å²) in [6.45, 7) is 2.19. The van der Waals surface area contributed by atoms with Crippen LogP contribution in [0.2, 0.25) is 0 Å². The fraction of sp³-hybridized carbons (Fsp3) is 0.318. The molecular weight excluding hydrogens is 400 g/mol. The highest BCUT2D eigenvalue weighted by Crippen LogP contribution is 2.31. The van der Waals surface area contributed by atoms with Crippen molar-refractivity contribution in [1.82, 2.24) is 10.3 Å². The molecule has 0 saturated heterocycles. The molecule has 4 rings (SSSR count). The fourth-order valence-electron chi connectivity index (χ4n) is 3.41. The Morgan fingerprint density at radius 2 is 1.90 bits per heavy atom. The molecule has 2 aromatic carbocycles. The zero-order valence-electron chi connectivity index (χ0n) is 16.6. The highest BCUT2D eigenvalue weighted by molar-refractivity contribution is 8.13. The lowest BCUT2D eigenvalue weighted by molar-refractivity contribution is -0.116. The molecule has 0 unspecified atom stereocenters. The van der Waals surface area contributed by atoms with Crippen LogP contribution in [0.1, 0.15) is 37.9 Å². The van der Waals surface area contributed by atoms with Crippen molar-refractivity contribution in [2.75, 3.05) is 12.0 Å². The minimum absolute atomic E-state index is 0.119. The molecule has 1 N–H and O–H groups in total. The second-order valence-electron chi connectivity index (χ2n) is 6.90. The minimum Gasteiger partial charge on any atom is -0.298 e. The maximum atomic E-state index is 13.0. The Bertz CT molecular complexity index is 1050. The first-order chi connectivity index (χ1) is 14.2. The van der Waals surface area contributed by atoms with E-state index in [1.165, 1.54) is 17.7 Å². The lowest BCUT2D eigenvalue weighted by Gasteiger charge is -2.34. The van der Waals surface area contributed by atoms with Crippen molar-refractivity contribution < 1.29 is 4.79 Å². The van der Waals surface area contributed by atoms with E-state index in [0.717, 1.165) is 28.3 Å². The topological polar surface area (TPSA) is 57.1 Å². The van der Waals surface area contributed by atoms with E-state index >= 15 is 0 Å². The van der Waals surface area contributed by atoms with Crippen LogP contribution in [-0.2, 0) is 4.79 Å². The molecule has 29 heavy (non-hydrogen) atoms. The monoisotopic (exact) mass is 424 g/mol. The average molecular weight is 425 g/mol. The Hall–Kier alpha value is -2.25. The van der Waals surface area contributed by atoms with Crippen LogP contribution in [0.4, 0.5) is 0 Å². The molecule has 0 bridgehead atoms. The number of hydrogen-bond acceptors (Lipinski definition) is 6. The second-order valence-corrected chi connectivity index (χ2v) is 8.86. The van der Waals surface area contributed by atoms with E-state index in [-0.39, 0.29) is 12.1 Å². The van der Waals surface area contributed by atoms with Crippen molar-refractivity contribution in [3.8, 4) is 0 Å². The molecule has 150 valence electrons. The summed E-state index contributed by atoms with van der Waals surface area (Å²) in [5, 5.41) is 11.8. The second kappa shape index (κ2) is 9.05. The third-order valence-corrected chi connectivity index (χ3v) is 6.61. The summed E-state index contributed by atoms with van der Waals surface area (Å²) in [6, 6.07) is 16.1. The van der Waals surface area contributed by atoms with Crippen LogP contribution in [0.25, 0.3) is 5.70 Å². The van der Waals surface area contributed by atoms with E-state index in [4.69, 9.17) is 10.1 Å². The third-order valence-electron chi connectivity index (χ3n) is 4.92. The molecule has 0 radical (unpaired) electrons. The molecule has 1 atom stereocenters. The van der Waals surface area contributed by atoms with Crippen LogP contribution in [0, 0.1) is 0 Å². The van der Waals surface area contributed by atoms with Gasteiger partial charge in [0, 0.05) is 15.9 Å². The number of amides is 1. The largest absolute Gasteiger partial charge is 0.298 e. The number of hydrogen-bond donors (Lipinski definition) is 1. The highest BCUT2D eigenvalue weighted by atomic mass is 32.2. The molecule has 0 aromatic heterocycles. The van der Waals surface area contributed by atoms with E-state index in [1.54, 1.807) is 28.5 Å². The summed E-state index contributed by atoms with van der Waals surface area (Å²) in [4.78, 5) is 19.2. The van der Waals surface area contributed by atoms with Crippen LogP contribution >= 0.6 is 23.5 Å². The summed E-state index contributed by atoms with van der Waals surface area (Å²) < 4.78 is 0. The average Bonchev–Trinajstić information content (AvgIpc) is 2.76. The fourth-order valence-corrected chi connectivity index (χ4v) is 4.67. The molecule has 0 fully saturated rings. The van der Waals surface area contributed by atoms with Gasteiger partial charge in [-0.2, -0.15) is 0 Å². The van der Waals surface area contributed by atoms with Gasteiger partial charge in [-0.25, -0.2) is 5.01 Å². The van der Waals surface area contributed by atoms with Crippen LogP contribution in [-0.4, -0.2) is 28.1 Å². The number of para-hydroxylation sites is 1. The predicted octanol–water partition coefficient (Wildman–Crippen LogP) is 3.47. The van der Waals surface area contributed by atoms with Gasteiger partial charge in [-0.3, -0.25) is 15.1 Å². The molecule has 5 nitrogen and oxygen atoms in total. The number of nitrogens with zero attached hydrogens (tertiary/aromatic N) is 3. The molecular formula is C22H24N4OS2. The number of amidine groups is 1. The Labute approximate surface area is 179 Å². The van der Waals surface area contributed by atoms with Gasteiger partial charge in [0.15, 0.2) is 11.3 Å². The lowest BCUT2D eigenvalue weighted by Crippen LogP contribution is -2.50. The Morgan fingerprint density at radius 3 is 2.66 bits per heavy atom. The van der Waals surface area contributed by atoms with E-state index in [1.807, 2.05) is 24.3 Å². The van der Waals surface area contributed by atoms with Crippen molar-refractivity contribution in [1.29, 1.82) is 0 Å². The van der Waals surface area contributed by atoms with Gasteiger partial charge in [0.25, 0.3) is 5.91 Å². The normalized spacial score (nSPS) is 17.8. The third kappa shape index (κ3) is 4.21. The van der Waals surface area contributed by atoms with Gasteiger partial charge >= 0.3 is 0 Å². The highest BCUT2D eigenvalue weighted by Gasteiger charge is 2.34. The van der Waals surface area contributed by atoms with Crippen LogP contribution < -0.4 is 15.9 Å². The number of nitrogens with one attached hydrogen (secondary N) is 1. The van der Waals surface area contributed by atoms with Crippen molar-refractivity contribution in [3.05, 3.63) is 64.7 Å². The van der Waals surface area contributed by atoms with E-state index < -0.39 is 0 Å². The molecule has 2 aliphatic heterocycles. The molecule has 0 aliphatic carbocycles. The zero-order chi connectivity index (χ0) is 20.2. The van der Waals surface area contributed by atoms with Crippen molar-refractivity contribution >= 4 is 40.3 Å². The Morgan fingerprint density at radius 1 is 1.10 bits per heavy atom. The van der Waals surface area contributed by atoms with Crippen LogP contribution in [0.3, 0.4) is 0 Å². The molecule has 2 aliphatic rings.